The Hall–Kier alpha value is -2.33. The Morgan fingerprint density at radius 1 is 1.14 bits per heavy atom. The maximum absolute atomic E-state index is 11.5. The number of hydrogen-bond acceptors (Lipinski definition) is 3. The van der Waals surface area contributed by atoms with Crippen molar-refractivity contribution in [3.63, 3.8) is 0 Å². The van der Waals surface area contributed by atoms with Crippen LogP contribution in [0.4, 0.5) is 11.4 Å². The minimum Gasteiger partial charge on any atom is -0.367 e. The highest BCUT2D eigenvalue weighted by Crippen LogP contribution is 2.28. The second kappa shape index (κ2) is 6.62. The van der Waals surface area contributed by atoms with Crippen LogP contribution in [-0.2, 0) is 17.8 Å². The summed E-state index contributed by atoms with van der Waals surface area (Å²) < 4.78 is 0. The van der Waals surface area contributed by atoms with Crippen LogP contribution in [0.25, 0.3) is 0 Å². The van der Waals surface area contributed by atoms with Gasteiger partial charge in [0.05, 0.1) is 0 Å². The molecule has 2 aromatic carbocycles. The van der Waals surface area contributed by atoms with Crippen molar-refractivity contribution in [1.82, 2.24) is 0 Å². The normalized spacial score (nSPS) is 13.0. The Labute approximate surface area is 130 Å². The first-order valence-corrected chi connectivity index (χ1v) is 7.68. The van der Waals surface area contributed by atoms with Crippen LogP contribution >= 0.6 is 0 Å². The van der Waals surface area contributed by atoms with Crippen molar-refractivity contribution in [3.8, 4) is 0 Å². The van der Waals surface area contributed by atoms with Crippen molar-refractivity contribution in [2.24, 2.45) is 5.73 Å². The van der Waals surface area contributed by atoms with Crippen LogP contribution < -0.4 is 16.0 Å². The molecule has 0 atom stereocenters. The van der Waals surface area contributed by atoms with Gasteiger partial charge >= 0.3 is 0 Å². The Morgan fingerprint density at radius 2 is 1.91 bits per heavy atom. The summed E-state index contributed by atoms with van der Waals surface area (Å²) in [5.41, 5.74) is 10.2. The van der Waals surface area contributed by atoms with Crippen LogP contribution in [0, 0.1) is 0 Å². The quantitative estimate of drug-likeness (QED) is 0.891. The first-order valence-electron chi connectivity index (χ1n) is 7.68. The summed E-state index contributed by atoms with van der Waals surface area (Å²) >= 11 is 0. The summed E-state index contributed by atoms with van der Waals surface area (Å²) in [5, 5.41) is 2.85. The molecule has 0 aromatic heterocycles. The number of nitrogens with two attached hydrogens (primary N) is 1. The Balaban J connectivity index is 1.64. The zero-order chi connectivity index (χ0) is 15.4. The van der Waals surface area contributed by atoms with Gasteiger partial charge in [0.15, 0.2) is 0 Å². The topological polar surface area (TPSA) is 58.4 Å². The summed E-state index contributed by atoms with van der Waals surface area (Å²) in [6.07, 6.45) is 1.47. The number of hydrogen-bond donors (Lipinski definition) is 2. The highest BCUT2D eigenvalue weighted by atomic mass is 16.1. The maximum atomic E-state index is 11.5. The molecule has 22 heavy (non-hydrogen) atoms. The number of para-hydroxylation sites is 1. The second-order valence-electron chi connectivity index (χ2n) is 5.58. The van der Waals surface area contributed by atoms with Gasteiger partial charge in [-0.15, -0.1) is 0 Å². The first kappa shape index (κ1) is 14.6. The van der Waals surface area contributed by atoms with Gasteiger partial charge in [-0.25, -0.2) is 0 Å². The van der Waals surface area contributed by atoms with Crippen LogP contribution in [0.15, 0.2) is 48.5 Å². The number of nitrogens with zero attached hydrogens (tertiary/aromatic N) is 1. The van der Waals surface area contributed by atoms with Crippen molar-refractivity contribution in [3.05, 3.63) is 59.7 Å². The summed E-state index contributed by atoms with van der Waals surface area (Å²) in [6, 6.07) is 16.6. The van der Waals surface area contributed by atoms with E-state index < -0.39 is 0 Å². The predicted octanol–water partition coefficient (Wildman–Crippen LogP) is 2.54. The molecule has 0 saturated heterocycles. The molecule has 114 valence electrons. The van der Waals surface area contributed by atoms with Crippen molar-refractivity contribution < 1.29 is 4.79 Å². The number of fused-ring (bicyclic) bond motifs is 1. The number of benzene rings is 2. The van der Waals surface area contributed by atoms with Gasteiger partial charge in [0, 0.05) is 37.4 Å². The third-order valence-electron chi connectivity index (χ3n) is 3.97. The SMILES string of the molecule is NCCC(=O)Nc1ccc(CN2CCc3ccccc32)cc1. The second-order valence-corrected chi connectivity index (χ2v) is 5.58. The number of carbonyl (C=O) groups is 1. The third kappa shape index (κ3) is 3.28. The number of nitrogens with one attached hydrogen (secondary N) is 1. The highest BCUT2D eigenvalue weighted by Gasteiger charge is 2.18. The summed E-state index contributed by atoms with van der Waals surface area (Å²) in [5.74, 6) is -0.0382. The standard InChI is InChI=1S/C18H21N3O/c19-11-9-18(22)20-16-7-5-14(6-8-16)13-21-12-10-15-3-1-2-4-17(15)21/h1-8H,9-13,19H2,(H,20,22). The molecule has 3 N–H and O–H groups in total. The minimum atomic E-state index is -0.0382. The number of rotatable bonds is 5. The smallest absolute Gasteiger partial charge is 0.225 e. The van der Waals surface area contributed by atoms with Gasteiger partial charge in [-0.05, 0) is 35.7 Å². The molecule has 1 aliphatic rings. The molecule has 4 nitrogen and oxygen atoms in total. The van der Waals surface area contributed by atoms with Crippen molar-refractivity contribution in [1.29, 1.82) is 0 Å². The van der Waals surface area contributed by atoms with Crippen molar-refractivity contribution >= 4 is 17.3 Å². The molecular weight excluding hydrogens is 274 g/mol. The van der Waals surface area contributed by atoms with Gasteiger partial charge in [0.2, 0.25) is 5.91 Å². The van der Waals surface area contributed by atoms with Crippen LogP contribution in [-0.4, -0.2) is 19.0 Å². The molecule has 0 radical (unpaired) electrons. The van der Waals surface area contributed by atoms with E-state index >= 15 is 0 Å². The molecule has 0 bridgehead atoms. The molecule has 0 fully saturated rings. The van der Waals surface area contributed by atoms with Gasteiger partial charge in [0.25, 0.3) is 0 Å². The monoisotopic (exact) mass is 295 g/mol. The molecule has 2 aromatic rings. The fourth-order valence-corrected chi connectivity index (χ4v) is 2.84. The van der Waals surface area contributed by atoms with Crippen LogP contribution in [0.1, 0.15) is 17.5 Å². The molecule has 0 unspecified atom stereocenters. The molecule has 0 saturated carbocycles. The molecule has 0 aliphatic carbocycles. The van der Waals surface area contributed by atoms with E-state index in [1.165, 1.54) is 16.8 Å². The van der Waals surface area contributed by atoms with Crippen molar-refractivity contribution in [2.75, 3.05) is 23.3 Å². The van der Waals surface area contributed by atoms with E-state index in [0.717, 1.165) is 25.2 Å². The first-order chi connectivity index (χ1) is 10.8. The molecule has 0 spiro atoms. The lowest BCUT2D eigenvalue weighted by molar-refractivity contribution is -0.116. The van der Waals surface area contributed by atoms with Crippen LogP contribution in [0.3, 0.4) is 0 Å². The Morgan fingerprint density at radius 3 is 2.68 bits per heavy atom. The van der Waals surface area contributed by atoms with Crippen LogP contribution in [0.2, 0.25) is 0 Å². The average molecular weight is 295 g/mol. The van der Waals surface area contributed by atoms with E-state index in [9.17, 15) is 4.79 Å². The average Bonchev–Trinajstić information content (AvgIpc) is 2.93. The fourth-order valence-electron chi connectivity index (χ4n) is 2.84. The number of anilines is 2. The predicted molar refractivity (Wildman–Crippen MR) is 89.9 cm³/mol. The van der Waals surface area contributed by atoms with Crippen molar-refractivity contribution in [2.45, 2.75) is 19.4 Å². The Kier molecular flexibility index (Phi) is 4.39. The van der Waals surface area contributed by atoms with E-state index in [-0.39, 0.29) is 5.91 Å². The van der Waals surface area contributed by atoms with Crippen LogP contribution in [0.5, 0.6) is 0 Å². The highest BCUT2D eigenvalue weighted by molar-refractivity contribution is 5.90. The van der Waals surface area contributed by atoms with Gasteiger partial charge in [0.1, 0.15) is 0 Å². The van der Waals surface area contributed by atoms with E-state index in [1.54, 1.807) is 0 Å². The molecule has 4 heteroatoms. The van der Waals surface area contributed by atoms with Gasteiger partial charge in [-0.1, -0.05) is 30.3 Å². The zero-order valence-corrected chi connectivity index (χ0v) is 12.6. The molecule has 1 amide bonds. The lowest BCUT2D eigenvalue weighted by atomic mass is 10.1. The molecule has 1 aliphatic heterocycles. The fraction of sp³-hybridized carbons (Fsp3) is 0.278. The van der Waals surface area contributed by atoms with Gasteiger partial charge in [-0.2, -0.15) is 0 Å². The number of amides is 1. The third-order valence-corrected chi connectivity index (χ3v) is 3.97. The van der Waals surface area contributed by atoms with E-state index in [0.29, 0.717) is 13.0 Å². The lowest BCUT2D eigenvalue weighted by Gasteiger charge is -2.19. The summed E-state index contributed by atoms with van der Waals surface area (Å²) in [4.78, 5) is 13.9. The maximum Gasteiger partial charge on any atom is 0.225 e. The Bertz CT molecular complexity index is 652. The molecular formula is C18H21N3O. The molecule has 3 rings (SSSR count). The summed E-state index contributed by atoms with van der Waals surface area (Å²) in [7, 11) is 0. The van der Waals surface area contributed by atoms with Gasteiger partial charge in [-0.3, -0.25) is 4.79 Å². The molecule has 1 heterocycles. The lowest BCUT2D eigenvalue weighted by Crippen LogP contribution is -2.19. The van der Waals surface area contributed by atoms with E-state index in [4.69, 9.17) is 5.73 Å². The van der Waals surface area contributed by atoms with E-state index in [1.807, 2.05) is 12.1 Å². The number of carbonyl (C=O) groups excluding carboxylic acids is 1. The largest absolute Gasteiger partial charge is 0.367 e. The van der Waals surface area contributed by atoms with Gasteiger partial charge < -0.3 is 16.0 Å². The van der Waals surface area contributed by atoms with E-state index in [2.05, 4.69) is 46.6 Å². The zero-order valence-electron chi connectivity index (χ0n) is 12.6. The minimum absolute atomic E-state index is 0.0382. The summed E-state index contributed by atoms with van der Waals surface area (Å²) in [6.45, 7) is 2.33.